The largest absolute Gasteiger partial charge is 0.573 e. The maximum atomic E-state index is 13.1. The number of carbonyl (C=O) groups excluding carboxylic acids is 1. The second-order valence-electron chi connectivity index (χ2n) is 10.2. The molecule has 0 aliphatic carbocycles. The Hall–Kier alpha value is -3.38. The molecule has 1 saturated heterocycles. The molecule has 0 radical (unpaired) electrons. The minimum atomic E-state index is -4.77. The number of nitrogens with zero attached hydrogens (tertiary/aromatic N) is 6. The fourth-order valence-corrected chi connectivity index (χ4v) is 4.95. The van der Waals surface area contributed by atoms with E-state index >= 15 is 0 Å². The highest BCUT2D eigenvalue weighted by molar-refractivity contribution is 5.84. The minimum absolute atomic E-state index is 0.0236. The number of benzene rings is 1. The van der Waals surface area contributed by atoms with Gasteiger partial charge in [-0.25, -0.2) is 4.98 Å². The Bertz CT molecular complexity index is 1230. The van der Waals surface area contributed by atoms with Gasteiger partial charge in [0.25, 0.3) is 0 Å². The molecule has 1 aliphatic rings. The summed E-state index contributed by atoms with van der Waals surface area (Å²) >= 11 is 0. The number of carbonyl (C=O) groups is 1. The zero-order chi connectivity index (χ0) is 28.2. The SMILES string of the molecule is CC(C)N(CCN1CCN(C(=O)CNc2c(-c3ccc(OC(F)(F)F)cc3)nc3cnccn23)CC1)C(C)C. The van der Waals surface area contributed by atoms with Crippen molar-refractivity contribution in [3.8, 4) is 17.0 Å². The number of nitrogens with one attached hydrogen (secondary N) is 1. The van der Waals surface area contributed by atoms with Crippen LogP contribution in [-0.4, -0.2) is 99.2 Å². The predicted molar refractivity (Wildman–Crippen MR) is 144 cm³/mol. The van der Waals surface area contributed by atoms with Crippen LogP contribution in [0.3, 0.4) is 0 Å². The zero-order valence-electron chi connectivity index (χ0n) is 22.8. The lowest BCUT2D eigenvalue weighted by molar-refractivity contribution is -0.274. The normalized spacial score (nSPS) is 15.1. The molecular weight excluding hydrogens is 511 g/mol. The molecule has 0 atom stereocenters. The summed E-state index contributed by atoms with van der Waals surface area (Å²) < 4.78 is 43.4. The first-order valence-electron chi connectivity index (χ1n) is 13.2. The summed E-state index contributed by atoms with van der Waals surface area (Å²) in [5.41, 5.74) is 1.62. The zero-order valence-corrected chi connectivity index (χ0v) is 22.8. The molecule has 1 N–H and O–H groups in total. The fraction of sp³-hybridized carbons (Fsp3) is 0.519. The summed E-state index contributed by atoms with van der Waals surface area (Å²) in [6.07, 6.45) is 0.134. The average Bonchev–Trinajstić information content (AvgIpc) is 3.25. The van der Waals surface area contributed by atoms with Gasteiger partial charge in [-0.1, -0.05) is 0 Å². The molecule has 212 valence electrons. The van der Waals surface area contributed by atoms with Crippen molar-refractivity contribution in [1.82, 2.24) is 29.1 Å². The number of aromatic nitrogens is 3. The molecule has 1 amide bonds. The molecular formula is C27H36F3N7O2. The van der Waals surface area contributed by atoms with Crippen molar-refractivity contribution in [2.45, 2.75) is 46.1 Å². The van der Waals surface area contributed by atoms with Crippen molar-refractivity contribution in [3.63, 3.8) is 0 Å². The van der Waals surface area contributed by atoms with Crippen molar-refractivity contribution >= 4 is 17.4 Å². The number of hydrogen-bond donors (Lipinski definition) is 1. The van der Waals surface area contributed by atoms with Gasteiger partial charge in [0.15, 0.2) is 5.65 Å². The van der Waals surface area contributed by atoms with E-state index in [1.54, 1.807) is 23.0 Å². The first kappa shape index (κ1) is 28.6. The summed E-state index contributed by atoms with van der Waals surface area (Å²) in [6.45, 7) is 13.9. The van der Waals surface area contributed by atoms with Gasteiger partial charge in [-0.05, 0) is 52.0 Å². The molecule has 39 heavy (non-hydrogen) atoms. The van der Waals surface area contributed by atoms with E-state index in [0.29, 0.717) is 47.9 Å². The van der Waals surface area contributed by atoms with Gasteiger partial charge >= 0.3 is 6.36 Å². The number of imidazole rings is 1. The van der Waals surface area contributed by atoms with E-state index in [0.717, 1.165) is 26.2 Å². The van der Waals surface area contributed by atoms with Gasteiger partial charge in [-0.2, -0.15) is 0 Å². The summed E-state index contributed by atoms with van der Waals surface area (Å²) in [7, 11) is 0. The Morgan fingerprint density at radius 3 is 2.36 bits per heavy atom. The lowest BCUT2D eigenvalue weighted by Crippen LogP contribution is -2.52. The number of hydrogen-bond acceptors (Lipinski definition) is 7. The van der Waals surface area contributed by atoms with Crippen LogP contribution >= 0.6 is 0 Å². The Morgan fingerprint density at radius 2 is 1.74 bits per heavy atom. The summed E-state index contributed by atoms with van der Waals surface area (Å²) in [6, 6.07) is 6.46. The predicted octanol–water partition coefficient (Wildman–Crippen LogP) is 3.97. The lowest BCUT2D eigenvalue weighted by Gasteiger charge is -2.37. The second kappa shape index (κ2) is 12.2. The van der Waals surface area contributed by atoms with Crippen molar-refractivity contribution in [2.24, 2.45) is 0 Å². The summed E-state index contributed by atoms with van der Waals surface area (Å²) in [4.78, 5) is 28.5. The van der Waals surface area contributed by atoms with Crippen LogP contribution in [-0.2, 0) is 4.79 Å². The summed E-state index contributed by atoms with van der Waals surface area (Å²) in [5, 5.41) is 3.21. The molecule has 3 heterocycles. The smallest absolute Gasteiger partial charge is 0.406 e. The van der Waals surface area contributed by atoms with Gasteiger partial charge in [-0.3, -0.25) is 24.0 Å². The number of alkyl halides is 3. The van der Waals surface area contributed by atoms with E-state index in [-0.39, 0.29) is 18.2 Å². The van der Waals surface area contributed by atoms with Gasteiger partial charge in [0, 0.05) is 69.3 Å². The van der Waals surface area contributed by atoms with E-state index in [9.17, 15) is 18.0 Å². The van der Waals surface area contributed by atoms with E-state index in [4.69, 9.17) is 0 Å². The third-order valence-corrected chi connectivity index (χ3v) is 6.92. The van der Waals surface area contributed by atoms with Gasteiger partial charge in [0.1, 0.15) is 17.3 Å². The lowest BCUT2D eigenvalue weighted by atomic mass is 10.1. The van der Waals surface area contributed by atoms with E-state index in [2.05, 4.69) is 57.5 Å². The van der Waals surface area contributed by atoms with Gasteiger partial charge in [-0.15, -0.1) is 13.2 Å². The maximum Gasteiger partial charge on any atom is 0.573 e. The molecule has 12 heteroatoms. The van der Waals surface area contributed by atoms with Crippen LogP contribution in [0.5, 0.6) is 5.75 Å². The van der Waals surface area contributed by atoms with Crippen LogP contribution in [0.2, 0.25) is 0 Å². The monoisotopic (exact) mass is 547 g/mol. The van der Waals surface area contributed by atoms with Crippen molar-refractivity contribution in [1.29, 1.82) is 0 Å². The molecule has 3 aromatic rings. The van der Waals surface area contributed by atoms with Crippen LogP contribution in [0.4, 0.5) is 19.0 Å². The van der Waals surface area contributed by atoms with Gasteiger partial charge in [0.05, 0.1) is 12.7 Å². The van der Waals surface area contributed by atoms with Crippen LogP contribution < -0.4 is 10.1 Å². The van der Waals surface area contributed by atoms with E-state index < -0.39 is 6.36 Å². The molecule has 1 fully saturated rings. The fourth-order valence-electron chi connectivity index (χ4n) is 4.95. The molecule has 0 saturated carbocycles. The Kier molecular flexibility index (Phi) is 8.96. The van der Waals surface area contributed by atoms with Gasteiger partial charge in [0.2, 0.25) is 5.91 Å². The third kappa shape index (κ3) is 7.39. The Balaban J connectivity index is 1.38. The standard InChI is InChI=1S/C27H36F3N7O2/c1-19(2)36(20(3)4)16-13-34-11-14-35(15-12-34)24(38)18-32-26-25(33-23-17-31-9-10-37(23)26)21-5-7-22(8-6-21)39-27(28,29)30/h5-10,17,19-20,32H,11-16,18H2,1-4H3. The molecule has 4 rings (SSSR count). The second-order valence-corrected chi connectivity index (χ2v) is 10.2. The van der Waals surface area contributed by atoms with Crippen LogP contribution in [0.25, 0.3) is 16.9 Å². The number of ether oxygens (including phenoxy) is 1. The van der Waals surface area contributed by atoms with Crippen molar-refractivity contribution in [2.75, 3.05) is 51.1 Å². The molecule has 1 aromatic carbocycles. The number of fused-ring (bicyclic) bond motifs is 1. The third-order valence-electron chi connectivity index (χ3n) is 6.92. The molecule has 1 aliphatic heterocycles. The number of amides is 1. The first-order valence-corrected chi connectivity index (χ1v) is 13.2. The topological polar surface area (TPSA) is 78.2 Å². The molecule has 0 bridgehead atoms. The van der Waals surface area contributed by atoms with Gasteiger partial charge < -0.3 is 15.0 Å². The van der Waals surface area contributed by atoms with Crippen LogP contribution in [0.15, 0.2) is 42.9 Å². The minimum Gasteiger partial charge on any atom is -0.406 e. The highest BCUT2D eigenvalue weighted by Gasteiger charge is 2.31. The number of halogens is 3. The molecule has 0 spiro atoms. The number of anilines is 1. The highest BCUT2D eigenvalue weighted by atomic mass is 19.4. The molecule has 9 nitrogen and oxygen atoms in total. The molecule has 2 aromatic heterocycles. The van der Waals surface area contributed by atoms with Crippen LogP contribution in [0.1, 0.15) is 27.7 Å². The van der Waals surface area contributed by atoms with E-state index in [1.165, 1.54) is 24.3 Å². The molecule has 0 unspecified atom stereocenters. The maximum absolute atomic E-state index is 13.1. The van der Waals surface area contributed by atoms with Crippen molar-refractivity contribution in [3.05, 3.63) is 42.9 Å². The number of rotatable bonds is 10. The van der Waals surface area contributed by atoms with Crippen molar-refractivity contribution < 1.29 is 22.7 Å². The van der Waals surface area contributed by atoms with E-state index in [1.807, 2.05) is 4.90 Å². The first-order chi connectivity index (χ1) is 18.5. The Labute approximate surface area is 226 Å². The average molecular weight is 548 g/mol. The number of piperazine rings is 1. The summed E-state index contributed by atoms with van der Waals surface area (Å²) in [5.74, 6) is 0.220. The van der Waals surface area contributed by atoms with Crippen LogP contribution in [0, 0.1) is 0 Å². The Morgan fingerprint density at radius 1 is 1.08 bits per heavy atom. The quantitative estimate of drug-likeness (QED) is 0.412. The highest BCUT2D eigenvalue weighted by Crippen LogP contribution is 2.31.